The lowest BCUT2D eigenvalue weighted by atomic mass is 9.96. The second-order valence-corrected chi connectivity index (χ2v) is 19.9. The predicted molar refractivity (Wildman–Crippen MR) is 294 cm³/mol. The molecule has 15 N–H and O–H groups in total. The lowest BCUT2D eigenvalue weighted by Gasteiger charge is -2.30. The summed E-state index contributed by atoms with van der Waals surface area (Å²) in [6.45, 7) is 7.68. The molecule has 0 unspecified atom stereocenters. The molecule has 0 fully saturated rings. The lowest BCUT2D eigenvalue weighted by molar-refractivity contribution is -0.142. The van der Waals surface area contributed by atoms with Crippen LogP contribution in [0.15, 0.2) is 104 Å². The van der Waals surface area contributed by atoms with E-state index in [0.29, 0.717) is 49.0 Å². The molecule has 10 atom stereocenters. The molecule has 1 aromatic heterocycles. The standard InChI is InChI=1S/C56H78N12O11/c1-6-34(4)47(55(77)66-45(31-69)53(75)65-44(56(78)79)28-38-22-14-9-15-23-38)68-52(74)43(29-39-30-59-32-60-39)64-54(76)46(33(2)3)67-51(73)42(27-37-20-12-8-13-21-37)62-48(70)35(5)61-50(72)41(26-36-18-10-7-11-19-36)63-49(71)40(58)24-16-17-25-57/h7-15,18-23,30,32-35,40-47,69H,6,16-17,24-29,31,57-58H2,1-5H3,(H,59,60)(H,61,72)(H,62,70)(H,63,71)(H,64,76)(H,65,75)(H,66,77)(H,67,73)(H,68,74)(H,78,79)/t34-,35-,40-,41-,42-,43-,44-,45-,46-,47-/m0/s1. The monoisotopic (exact) mass is 1090 g/mol. The number of carbonyl (C=O) groups excluding carboxylic acids is 8. The number of aliphatic hydroxyl groups excluding tert-OH is 1. The number of H-pyrrole nitrogens is 1. The maximum Gasteiger partial charge on any atom is 0.326 e. The van der Waals surface area contributed by atoms with Gasteiger partial charge in [-0.25, -0.2) is 9.78 Å². The summed E-state index contributed by atoms with van der Waals surface area (Å²) < 4.78 is 0. The van der Waals surface area contributed by atoms with E-state index in [2.05, 4.69) is 52.5 Å². The van der Waals surface area contributed by atoms with Crippen LogP contribution in [-0.2, 0) is 68.8 Å². The van der Waals surface area contributed by atoms with Crippen LogP contribution in [0, 0.1) is 11.8 Å². The molecule has 23 nitrogen and oxygen atoms in total. The Labute approximate surface area is 460 Å². The normalized spacial score (nSPS) is 14.9. The van der Waals surface area contributed by atoms with Crippen molar-refractivity contribution < 1.29 is 53.4 Å². The minimum absolute atomic E-state index is 0.0448. The van der Waals surface area contributed by atoms with Crippen molar-refractivity contribution in [3.05, 3.63) is 126 Å². The zero-order chi connectivity index (χ0) is 58.0. The van der Waals surface area contributed by atoms with Gasteiger partial charge in [-0.2, -0.15) is 0 Å². The molecule has 0 spiro atoms. The number of hydrogen-bond acceptors (Lipinski definition) is 13. The summed E-state index contributed by atoms with van der Waals surface area (Å²) in [5.41, 5.74) is 14.2. The van der Waals surface area contributed by atoms with E-state index in [1.165, 1.54) is 19.4 Å². The van der Waals surface area contributed by atoms with E-state index in [9.17, 15) is 53.4 Å². The Kier molecular flexibility index (Phi) is 26.3. The maximum absolute atomic E-state index is 14.4. The highest BCUT2D eigenvalue weighted by molar-refractivity contribution is 5.98. The number of carboxylic acids is 1. The van der Waals surface area contributed by atoms with Crippen molar-refractivity contribution in [3.8, 4) is 0 Å². The number of amides is 8. The number of nitrogens with one attached hydrogen (secondary N) is 9. The summed E-state index contributed by atoms with van der Waals surface area (Å²) in [6, 6.07) is 14.6. The third-order valence-corrected chi connectivity index (χ3v) is 13.3. The van der Waals surface area contributed by atoms with E-state index in [0.717, 1.165) is 5.56 Å². The second kappa shape index (κ2) is 32.7. The number of unbranched alkanes of at least 4 members (excludes halogenated alkanes) is 1. The molecular weight excluding hydrogens is 1020 g/mol. The number of aliphatic carboxylic acids is 1. The van der Waals surface area contributed by atoms with Gasteiger partial charge in [-0.15, -0.1) is 0 Å². The number of benzene rings is 3. The van der Waals surface area contributed by atoms with Crippen LogP contribution in [0.1, 0.15) is 82.7 Å². The Morgan fingerprint density at radius 3 is 1.43 bits per heavy atom. The van der Waals surface area contributed by atoms with Gasteiger partial charge in [-0.05, 0) is 54.8 Å². The third-order valence-electron chi connectivity index (χ3n) is 13.3. The molecule has 4 aromatic rings. The summed E-state index contributed by atoms with van der Waals surface area (Å²) in [6.07, 6.45) is 4.55. The second-order valence-electron chi connectivity index (χ2n) is 19.9. The molecule has 428 valence electrons. The number of hydrogen-bond donors (Lipinski definition) is 13. The largest absolute Gasteiger partial charge is 0.480 e. The predicted octanol–water partition coefficient (Wildman–Crippen LogP) is -0.186. The van der Waals surface area contributed by atoms with Gasteiger partial charge in [0.05, 0.1) is 19.0 Å². The van der Waals surface area contributed by atoms with Gasteiger partial charge in [0.2, 0.25) is 47.3 Å². The topological polar surface area (TPSA) is 371 Å². The van der Waals surface area contributed by atoms with Gasteiger partial charge in [0.25, 0.3) is 0 Å². The molecule has 0 aliphatic heterocycles. The van der Waals surface area contributed by atoms with Gasteiger partial charge in [-0.3, -0.25) is 38.4 Å². The summed E-state index contributed by atoms with van der Waals surface area (Å²) in [5, 5.41) is 41.1. The molecule has 0 saturated heterocycles. The highest BCUT2D eigenvalue weighted by atomic mass is 16.4. The Bertz CT molecular complexity index is 2590. The molecular formula is C56H78N12O11. The average Bonchev–Trinajstić information content (AvgIpc) is 3.96. The average molecular weight is 1100 g/mol. The van der Waals surface area contributed by atoms with Crippen LogP contribution < -0.4 is 54.0 Å². The molecule has 23 heteroatoms. The Hall–Kier alpha value is -8.02. The van der Waals surface area contributed by atoms with E-state index in [-0.39, 0.29) is 25.7 Å². The summed E-state index contributed by atoms with van der Waals surface area (Å²) in [5.74, 6) is -8.78. The van der Waals surface area contributed by atoms with E-state index in [4.69, 9.17) is 11.5 Å². The van der Waals surface area contributed by atoms with E-state index in [1.807, 2.05) is 0 Å². The van der Waals surface area contributed by atoms with Crippen LogP contribution in [0.4, 0.5) is 0 Å². The molecule has 0 aliphatic carbocycles. The number of nitrogens with two attached hydrogens (primary N) is 2. The van der Waals surface area contributed by atoms with Crippen molar-refractivity contribution in [1.29, 1.82) is 0 Å². The molecule has 8 amide bonds. The number of rotatable bonds is 33. The van der Waals surface area contributed by atoms with Gasteiger partial charge in [0, 0.05) is 37.6 Å². The number of nitrogens with zero attached hydrogens (tertiary/aromatic N) is 1. The van der Waals surface area contributed by atoms with Gasteiger partial charge in [-0.1, -0.05) is 132 Å². The van der Waals surface area contributed by atoms with Crippen LogP contribution in [0.2, 0.25) is 0 Å². The van der Waals surface area contributed by atoms with Crippen molar-refractivity contribution in [2.24, 2.45) is 23.3 Å². The Balaban J connectivity index is 1.52. The first kappa shape index (κ1) is 63.5. The van der Waals surface area contributed by atoms with Crippen LogP contribution in [0.5, 0.6) is 0 Å². The van der Waals surface area contributed by atoms with Crippen molar-refractivity contribution in [1.82, 2.24) is 52.5 Å². The van der Waals surface area contributed by atoms with Gasteiger partial charge >= 0.3 is 5.97 Å². The van der Waals surface area contributed by atoms with E-state index in [1.54, 1.807) is 119 Å². The quantitative estimate of drug-likeness (QED) is 0.0275. The fraction of sp³-hybridized carbons (Fsp3) is 0.464. The smallest absolute Gasteiger partial charge is 0.326 e. The highest BCUT2D eigenvalue weighted by Gasteiger charge is 2.37. The first-order valence-electron chi connectivity index (χ1n) is 26.6. The number of carbonyl (C=O) groups is 9. The molecule has 4 rings (SSSR count). The molecule has 0 radical (unpaired) electrons. The van der Waals surface area contributed by atoms with Crippen molar-refractivity contribution >= 4 is 53.2 Å². The first-order chi connectivity index (χ1) is 37.7. The summed E-state index contributed by atoms with van der Waals surface area (Å²) >= 11 is 0. The number of imidazole rings is 1. The molecule has 79 heavy (non-hydrogen) atoms. The van der Waals surface area contributed by atoms with Crippen LogP contribution in [0.3, 0.4) is 0 Å². The van der Waals surface area contributed by atoms with Gasteiger partial charge in [0.15, 0.2) is 0 Å². The molecule has 3 aromatic carbocycles. The molecule has 0 saturated carbocycles. The minimum atomic E-state index is -1.61. The van der Waals surface area contributed by atoms with Crippen LogP contribution >= 0.6 is 0 Å². The zero-order valence-electron chi connectivity index (χ0n) is 45.4. The van der Waals surface area contributed by atoms with E-state index < -0.39 is 126 Å². The highest BCUT2D eigenvalue weighted by Crippen LogP contribution is 2.13. The number of carboxylic acid groups (broad SMARTS) is 1. The van der Waals surface area contributed by atoms with Crippen molar-refractivity contribution in [3.63, 3.8) is 0 Å². The zero-order valence-corrected chi connectivity index (χ0v) is 45.4. The molecule has 0 aliphatic rings. The maximum atomic E-state index is 14.4. The fourth-order valence-corrected chi connectivity index (χ4v) is 8.32. The van der Waals surface area contributed by atoms with E-state index >= 15 is 0 Å². The Morgan fingerprint density at radius 1 is 0.532 bits per heavy atom. The summed E-state index contributed by atoms with van der Waals surface area (Å²) in [4.78, 5) is 130. The summed E-state index contributed by atoms with van der Waals surface area (Å²) in [7, 11) is 0. The SMILES string of the molecule is CC[C@H](C)[C@H](NC(=O)[C@H](Cc1cnc[nH]1)NC(=O)[C@@H](NC(=O)[C@H](Cc1ccccc1)NC(=O)[C@H](C)NC(=O)[C@H](Cc1ccccc1)NC(=O)[C@@H](N)CCCCN)C(C)C)C(=O)N[C@@H](CO)C(=O)N[C@@H](Cc1ccccc1)C(=O)O. The minimum Gasteiger partial charge on any atom is -0.480 e. The Morgan fingerprint density at radius 2 is 0.962 bits per heavy atom. The first-order valence-corrected chi connectivity index (χ1v) is 26.6. The number of aromatic amines is 1. The number of aromatic nitrogens is 2. The van der Waals surface area contributed by atoms with Crippen molar-refractivity contribution in [2.75, 3.05) is 13.2 Å². The van der Waals surface area contributed by atoms with Gasteiger partial charge in [0.1, 0.15) is 48.3 Å². The number of aliphatic hydroxyl groups is 1. The van der Waals surface area contributed by atoms with Crippen LogP contribution in [0.25, 0.3) is 0 Å². The molecule has 1 heterocycles. The fourth-order valence-electron chi connectivity index (χ4n) is 8.32. The lowest BCUT2D eigenvalue weighted by Crippen LogP contribution is -2.62. The molecule has 0 bridgehead atoms. The van der Waals surface area contributed by atoms with Crippen LogP contribution in [-0.4, -0.2) is 141 Å². The van der Waals surface area contributed by atoms with Gasteiger partial charge < -0.3 is 69.2 Å². The van der Waals surface area contributed by atoms with Crippen molar-refractivity contribution in [2.45, 2.75) is 140 Å². The third kappa shape index (κ3) is 21.0.